The predicted octanol–water partition coefficient (Wildman–Crippen LogP) is 6.71. The fraction of sp³-hybridized carbons (Fsp3) is 0.240. The number of unbranched alkanes of at least 4 members (excludes halogenated alkanes) is 1. The molecule has 0 spiro atoms. The standard InChI is InChI=1S/C25H20Cl2F3NO5/c26-17-13-31-14-18(27)16(17)12-20(32)15-8-9-22(36-25(29)30)23(11-15)34-10-4-3-7-24(33)35-21-6-2-1-5-19(21)28/h1-2,5-6,8-9,11,13-14,25H,3-4,7,10,12H2. The van der Waals surface area contributed by atoms with Gasteiger partial charge in [0.05, 0.1) is 16.7 Å². The van der Waals surface area contributed by atoms with Gasteiger partial charge in [-0.3, -0.25) is 14.6 Å². The van der Waals surface area contributed by atoms with E-state index >= 15 is 0 Å². The Morgan fingerprint density at radius 3 is 2.36 bits per heavy atom. The maximum absolute atomic E-state index is 13.6. The van der Waals surface area contributed by atoms with Crippen LogP contribution in [-0.2, 0) is 11.2 Å². The van der Waals surface area contributed by atoms with Gasteiger partial charge in [0.15, 0.2) is 28.8 Å². The Bertz CT molecular complexity index is 1210. The Hall–Kier alpha value is -3.30. The van der Waals surface area contributed by atoms with E-state index in [-0.39, 0.29) is 58.1 Å². The molecule has 2 aromatic carbocycles. The Labute approximate surface area is 214 Å². The Morgan fingerprint density at radius 1 is 0.944 bits per heavy atom. The van der Waals surface area contributed by atoms with Gasteiger partial charge in [0.25, 0.3) is 0 Å². The largest absolute Gasteiger partial charge is 0.490 e. The van der Waals surface area contributed by atoms with Crippen molar-refractivity contribution in [3.8, 4) is 17.2 Å². The zero-order chi connectivity index (χ0) is 26.1. The predicted molar refractivity (Wildman–Crippen MR) is 127 cm³/mol. The van der Waals surface area contributed by atoms with Gasteiger partial charge in [-0.1, -0.05) is 35.3 Å². The number of pyridine rings is 1. The lowest BCUT2D eigenvalue weighted by molar-refractivity contribution is -0.134. The zero-order valence-corrected chi connectivity index (χ0v) is 20.2. The number of hydrogen-bond acceptors (Lipinski definition) is 6. The van der Waals surface area contributed by atoms with Gasteiger partial charge in [-0.25, -0.2) is 4.39 Å². The highest BCUT2D eigenvalue weighted by molar-refractivity contribution is 6.36. The van der Waals surface area contributed by atoms with Crippen LogP contribution >= 0.6 is 23.2 Å². The van der Waals surface area contributed by atoms with Gasteiger partial charge in [-0.15, -0.1) is 0 Å². The van der Waals surface area contributed by atoms with E-state index in [0.29, 0.717) is 18.4 Å². The monoisotopic (exact) mass is 541 g/mol. The van der Waals surface area contributed by atoms with Crippen molar-refractivity contribution in [3.63, 3.8) is 0 Å². The average Bonchev–Trinajstić information content (AvgIpc) is 2.83. The van der Waals surface area contributed by atoms with Crippen molar-refractivity contribution in [2.45, 2.75) is 32.3 Å². The number of esters is 1. The van der Waals surface area contributed by atoms with Crippen molar-refractivity contribution in [2.24, 2.45) is 0 Å². The molecule has 0 aliphatic heterocycles. The van der Waals surface area contributed by atoms with Gasteiger partial charge < -0.3 is 14.2 Å². The molecular formula is C25H20Cl2F3NO5. The number of hydrogen-bond donors (Lipinski definition) is 0. The molecule has 0 fully saturated rings. The first-order valence-electron chi connectivity index (χ1n) is 10.7. The molecule has 3 rings (SSSR count). The van der Waals surface area contributed by atoms with E-state index in [1.165, 1.54) is 54.9 Å². The van der Waals surface area contributed by atoms with Crippen molar-refractivity contribution in [1.29, 1.82) is 0 Å². The van der Waals surface area contributed by atoms with Crippen LogP contribution < -0.4 is 14.2 Å². The zero-order valence-electron chi connectivity index (χ0n) is 18.7. The first-order valence-corrected chi connectivity index (χ1v) is 11.5. The Morgan fingerprint density at radius 2 is 1.67 bits per heavy atom. The van der Waals surface area contributed by atoms with Gasteiger partial charge in [0.2, 0.25) is 0 Å². The summed E-state index contributed by atoms with van der Waals surface area (Å²) in [4.78, 5) is 28.5. The molecule has 0 atom stereocenters. The molecule has 0 aliphatic rings. The lowest BCUT2D eigenvalue weighted by Gasteiger charge is -2.14. The molecule has 36 heavy (non-hydrogen) atoms. The van der Waals surface area contributed by atoms with Crippen LogP contribution in [0.2, 0.25) is 10.0 Å². The second-order valence-corrected chi connectivity index (χ2v) is 8.25. The summed E-state index contributed by atoms with van der Waals surface area (Å²) in [6, 6.07) is 9.35. The van der Waals surface area contributed by atoms with Gasteiger partial charge in [-0.05, 0) is 43.2 Å². The normalized spacial score (nSPS) is 10.8. The maximum atomic E-state index is 13.6. The topological polar surface area (TPSA) is 74.7 Å². The highest BCUT2D eigenvalue weighted by Crippen LogP contribution is 2.31. The third-order valence-corrected chi connectivity index (χ3v) is 5.52. The molecule has 0 radical (unpaired) electrons. The van der Waals surface area contributed by atoms with E-state index in [0.717, 1.165) is 0 Å². The van der Waals surface area contributed by atoms with Crippen LogP contribution in [0.5, 0.6) is 17.2 Å². The second kappa shape index (κ2) is 13.1. The lowest BCUT2D eigenvalue weighted by atomic mass is 10.0. The number of carbonyl (C=O) groups is 2. The molecule has 1 heterocycles. The molecule has 1 aromatic heterocycles. The van der Waals surface area contributed by atoms with Crippen molar-refractivity contribution in [1.82, 2.24) is 4.98 Å². The van der Waals surface area contributed by atoms with Crippen molar-refractivity contribution in [2.75, 3.05) is 6.61 Å². The number of rotatable bonds is 12. The van der Waals surface area contributed by atoms with Gasteiger partial charge in [0, 0.05) is 36.4 Å². The van der Waals surface area contributed by atoms with E-state index < -0.39 is 18.4 Å². The van der Waals surface area contributed by atoms with Crippen LogP contribution in [0, 0.1) is 5.82 Å². The minimum Gasteiger partial charge on any atom is -0.490 e. The minimum absolute atomic E-state index is 0.00986. The number of ketones is 1. The number of ether oxygens (including phenoxy) is 3. The van der Waals surface area contributed by atoms with Crippen LogP contribution in [0.15, 0.2) is 54.9 Å². The highest BCUT2D eigenvalue weighted by Gasteiger charge is 2.18. The number of para-hydroxylation sites is 1. The van der Waals surface area contributed by atoms with Crippen molar-refractivity contribution < 1.29 is 37.0 Å². The smallest absolute Gasteiger partial charge is 0.387 e. The number of halogens is 5. The quantitative estimate of drug-likeness (QED) is 0.110. The fourth-order valence-corrected chi connectivity index (χ4v) is 3.61. The molecule has 6 nitrogen and oxygen atoms in total. The SMILES string of the molecule is O=C(CCCCOc1cc(C(=O)Cc2c(Cl)cncc2Cl)ccc1OC(F)F)Oc1ccccc1F. The summed E-state index contributed by atoms with van der Waals surface area (Å²) >= 11 is 12.1. The van der Waals surface area contributed by atoms with E-state index in [4.69, 9.17) is 32.7 Å². The molecule has 0 aliphatic carbocycles. The molecule has 190 valence electrons. The summed E-state index contributed by atoms with van der Waals surface area (Å²) in [5.41, 5.74) is 0.556. The second-order valence-electron chi connectivity index (χ2n) is 7.43. The molecular weight excluding hydrogens is 522 g/mol. The summed E-state index contributed by atoms with van der Waals surface area (Å²) in [6.45, 7) is -3.07. The van der Waals surface area contributed by atoms with Crippen LogP contribution in [0.25, 0.3) is 0 Å². The summed E-state index contributed by atoms with van der Waals surface area (Å²) in [5.74, 6) is -2.13. The fourth-order valence-electron chi connectivity index (χ4n) is 3.11. The van der Waals surface area contributed by atoms with E-state index in [2.05, 4.69) is 9.72 Å². The number of carbonyl (C=O) groups excluding carboxylic acids is 2. The Balaban J connectivity index is 1.59. The average molecular weight is 542 g/mol. The van der Waals surface area contributed by atoms with Crippen LogP contribution in [0.4, 0.5) is 13.2 Å². The summed E-state index contributed by atoms with van der Waals surface area (Å²) in [7, 11) is 0. The van der Waals surface area contributed by atoms with Crippen LogP contribution in [-0.4, -0.2) is 30.0 Å². The molecule has 0 amide bonds. The van der Waals surface area contributed by atoms with Gasteiger partial charge in [0.1, 0.15) is 0 Å². The Kier molecular flexibility index (Phi) is 9.95. The van der Waals surface area contributed by atoms with E-state index in [9.17, 15) is 22.8 Å². The first-order chi connectivity index (χ1) is 17.2. The molecule has 0 N–H and O–H groups in total. The molecule has 0 saturated carbocycles. The highest BCUT2D eigenvalue weighted by atomic mass is 35.5. The minimum atomic E-state index is -3.10. The van der Waals surface area contributed by atoms with E-state index in [1.807, 2.05) is 0 Å². The third kappa shape index (κ3) is 7.86. The van der Waals surface area contributed by atoms with Gasteiger partial charge in [-0.2, -0.15) is 8.78 Å². The number of alkyl halides is 2. The number of aromatic nitrogens is 1. The molecule has 0 unspecified atom stereocenters. The third-order valence-electron chi connectivity index (χ3n) is 4.86. The molecule has 0 bridgehead atoms. The molecule has 3 aromatic rings. The summed E-state index contributed by atoms with van der Waals surface area (Å²) < 4.78 is 54.2. The van der Waals surface area contributed by atoms with Crippen LogP contribution in [0.3, 0.4) is 0 Å². The number of benzene rings is 2. The lowest BCUT2D eigenvalue weighted by Crippen LogP contribution is -2.10. The molecule has 0 saturated heterocycles. The van der Waals surface area contributed by atoms with Crippen molar-refractivity contribution in [3.05, 3.63) is 81.8 Å². The summed E-state index contributed by atoms with van der Waals surface area (Å²) in [5, 5.41) is 0.442. The van der Waals surface area contributed by atoms with E-state index in [1.54, 1.807) is 0 Å². The van der Waals surface area contributed by atoms with Crippen molar-refractivity contribution >= 4 is 35.0 Å². The van der Waals surface area contributed by atoms with Gasteiger partial charge >= 0.3 is 12.6 Å². The number of nitrogens with zero attached hydrogens (tertiary/aromatic N) is 1. The number of Topliss-reactive ketones (excluding diaryl/α,β-unsaturated/α-hetero) is 1. The molecule has 11 heteroatoms. The maximum Gasteiger partial charge on any atom is 0.387 e. The summed E-state index contributed by atoms with van der Waals surface area (Å²) in [6.07, 6.45) is 3.24. The van der Waals surface area contributed by atoms with Crippen LogP contribution in [0.1, 0.15) is 35.2 Å². The first kappa shape index (κ1) is 27.3.